The number of alkyl halides is 1. The molecule has 3 unspecified atom stereocenters. The molecule has 0 aliphatic carbocycles. The van der Waals surface area contributed by atoms with Crippen LogP contribution in [0, 0.1) is 11.8 Å². The van der Waals surface area contributed by atoms with Crippen molar-refractivity contribution in [3.8, 4) is 0 Å². The van der Waals surface area contributed by atoms with E-state index in [-0.39, 0.29) is 34.4 Å². The molecule has 1 aromatic rings. The van der Waals surface area contributed by atoms with Crippen molar-refractivity contribution in [2.45, 2.75) is 73.1 Å². The first-order valence-corrected chi connectivity index (χ1v) is 15.3. The van der Waals surface area contributed by atoms with Crippen molar-refractivity contribution < 1.29 is 19.5 Å². The molecule has 1 N–H and O–H groups in total. The van der Waals surface area contributed by atoms with E-state index in [1.54, 1.807) is 45.5 Å². The molecule has 4 rings (SSSR count). The normalized spacial score (nSPS) is 30.2. The Kier molecular flexibility index (Phi) is 8.74. The van der Waals surface area contributed by atoms with Crippen LogP contribution in [0.4, 0.5) is 0 Å². The lowest BCUT2D eigenvalue weighted by molar-refractivity contribution is -0.148. The number of nitrogens with zero attached hydrogens (tertiary/aromatic N) is 3. The summed E-state index contributed by atoms with van der Waals surface area (Å²) in [6, 6.07) is 8.44. The van der Waals surface area contributed by atoms with Gasteiger partial charge in [-0.1, -0.05) is 58.4 Å². The summed E-state index contributed by atoms with van der Waals surface area (Å²) in [5, 5.41) is 10.0. The highest BCUT2D eigenvalue weighted by atomic mass is 79.9. The molecule has 7 nitrogen and oxygen atoms in total. The molecule has 3 amide bonds. The molecule has 0 radical (unpaired) electrons. The van der Waals surface area contributed by atoms with Crippen molar-refractivity contribution in [2.24, 2.45) is 11.8 Å². The van der Waals surface area contributed by atoms with E-state index in [2.05, 4.69) is 29.1 Å². The quantitative estimate of drug-likeness (QED) is 0.318. The number of halogens is 1. The van der Waals surface area contributed by atoms with Gasteiger partial charge in [-0.15, -0.1) is 24.9 Å². The molecule has 39 heavy (non-hydrogen) atoms. The predicted octanol–water partition coefficient (Wildman–Crippen LogP) is 3.86. The van der Waals surface area contributed by atoms with Gasteiger partial charge in [-0.25, -0.2) is 0 Å². The van der Waals surface area contributed by atoms with Crippen molar-refractivity contribution >= 4 is 45.4 Å². The van der Waals surface area contributed by atoms with Gasteiger partial charge < -0.3 is 19.8 Å². The first kappa shape index (κ1) is 29.9. The number of amides is 3. The second-order valence-corrected chi connectivity index (χ2v) is 14.6. The topological polar surface area (TPSA) is 81.2 Å². The number of hydrogen-bond acceptors (Lipinski definition) is 5. The average molecular weight is 619 g/mol. The van der Waals surface area contributed by atoms with Gasteiger partial charge in [0.25, 0.3) is 0 Å². The van der Waals surface area contributed by atoms with E-state index in [9.17, 15) is 19.5 Å². The molecule has 212 valence electrons. The van der Waals surface area contributed by atoms with Gasteiger partial charge in [0, 0.05) is 35.3 Å². The highest BCUT2D eigenvalue weighted by Gasteiger charge is 2.76. The number of fused-ring (bicyclic) bond motifs is 1. The van der Waals surface area contributed by atoms with Gasteiger partial charge in [0.05, 0.1) is 29.2 Å². The zero-order valence-electron chi connectivity index (χ0n) is 23.3. The molecule has 3 heterocycles. The minimum atomic E-state index is -0.786. The Morgan fingerprint density at radius 2 is 1.85 bits per heavy atom. The number of likely N-dealkylation sites (tertiary alicyclic amines) is 1. The number of aliphatic hydroxyl groups excluding tert-OH is 1. The fraction of sp³-hybridized carbons (Fsp3) is 0.567. The minimum absolute atomic E-state index is 0.0232. The van der Waals surface area contributed by atoms with Crippen LogP contribution >= 0.6 is 27.7 Å². The van der Waals surface area contributed by atoms with Crippen LogP contribution in [-0.2, 0) is 20.9 Å². The van der Waals surface area contributed by atoms with Crippen LogP contribution in [0.25, 0.3) is 0 Å². The fourth-order valence-corrected chi connectivity index (χ4v) is 10.2. The Hall–Kier alpha value is -2.10. The van der Waals surface area contributed by atoms with Gasteiger partial charge in [0.1, 0.15) is 6.04 Å². The average Bonchev–Trinajstić information content (AvgIpc) is 3.49. The highest BCUT2D eigenvalue weighted by Crippen LogP contribution is 2.68. The van der Waals surface area contributed by atoms with Gasteiger partial charge in [-0.2, -0.15) is 0 Å². The van der Waals surface area contributed by atoms with Gasteiger partial charge in [0.15, 0.2) is 0 Å². The standard InChI is InChI=1S/C30H40BrN3O4S/c1-7-14-32(17-20-12-10-9-11-13-20)26(36)22-23-27(37)34(19(3)18-35)25(30(23)16-21(31)24(22)39-30)28(38)33(15-8-2)29(4,5)6/h7-13,19,21-25,35H,1-2,14-18H2,3-6H3/t19-,21?,22+,23+,24+,25?,30?/m1/s1. The number of carbonyl (C=O) groups excluding carboxylic acids is 3. The number of thioether (sulfide) groups is 1. The van der Waals surface area contributed by atoms with Crippen molar-refractivity contribution in [3.05, 3.63) is 61.2 Å². The molecule has 3 saturated heterocycles. The van der Waals surface area contributed by atoms with Crippen LogP contribution in [-0.4, -0.2) is 89.7 Å². The molecule has 0 saturated carbocycles. The van der Waals surface area contributed by atoms with Gasteiger partial charge >= 0.3 is 0 Å². The maximum atomic E-state index is 14.4. The number of hydrogen-bond donors (Lipinski definition) is 1. The number of aliphatic hydroxyl groups is 1. The minimum Gasteiger partial charge on any atom is -0.394 e. The molecular weight excluding hydrogens is 578 g/mol. The molecule has 3 fully saturated rings. The molecular formula is C30H40BrN3O4S. The summed E-state index contributed by atoms with van der Waals surface area (Å²) in [5.41, 5.74) is 0.498. The van der Waals surface area contributed by atoms with E-state index in [1.807, 2.05) is 51.1 Å². The molecule has 2 bridgehead atoms. The fourth-order valence-electron chi connectivity index (χ4n) is 6.57. The first-order valence-electron chi connectivity index (χ1n) is 13.5. The van der Waals surface area contributed by atoms with Crippen LogP contribution in [0.3, 0.4) is 0 Å². The van der Waals surface area contributed by atoms with Crippen molar-refractivity contribution in [2.75, 3.05) is 19.7 Å². The molecule has 9 heteroatoms. The van der Waals surface area contributed by atoms with E-state index in [4.69, 9.17) is 0 Å². The Morgan fingerprint density at radius 3 is 2.41 bits per heavy atom. The Labute approximate surface area is 244 Å². The van der Waals surface area contributed by atoms with Crippen LogP contribution in [0.2, 0.25) is 0 Å². The molecule has 7 atom stereocenters. The molecule has 3 aliphatic rings. The first-order chi connectivity index (χ1) is 18.4. The molecule has 0 aromatic heterocycles. The number of carbonyl (C=O) groups is 3. The predicted molar refractivity (Wildman–Crippen MR) is 159 cm³/mol. The SMILES string of the molecule is C=CCN(Cc1ccccc1)C(=O)[C@H]1[C@H]2C(=O)N([C@H](C)CO)C(C(=O)N(CC=C)C(C)(C)C)C23CC(Br)[C@@H]1S3. The van der Waals surface area contributed by atoms with Gasteiger partial charge in [0.2, 0.25) is 17.7 Å². The molecule has 1 aromatic carbocycles. The second-order valence-electron chi connectivity index (χ2n) is 11.8. The summed E-state index contributed by atoms with van der Waals surface area (Å²) in [6.07, 6.45) is 4.01. The smallest absolute Gasteiger partial charge is 0.247 e. The van der Waals surface area contributed by atoms with Gasteiger partial charge in [-0.05, 0) is 39.7 Å². The number of benzene rings is 1. The zero-order valence-corrected chi connectivity index (χ0v) is 25.7. The summed E-state index contributed by atoms with van der Waals surface area (Å²) in [6.45, 7) is 16.2. The summed E-state index contributed by atoms with van der Waals surface area (Å²) in [5.74, 6) is -1.70. The Morgan fingerprint density at radius 1 is 1.21 bits per heavy atom. The van der Waals surface area contributed by atoms with Crippen molar-refractivity contribution in [1.29, 1.82) is 0 Å². The van der Waals surface area contributed by atoms with E-state index < -0.39 is 34.2 Å². The van der Waals surface area contributed by atoms with Crippen LogP contribution in [0.1, 0.15) is 39.7 Å². The van der Waals surface area contributed by atoms with E-state index in [0.29, 0.717) is 26.1 Å². The lowest BCUT2D eigenvalue weighted by Gasteiger charge is -2.43. The third-order valence-corrected chi connectivity index (χ3v) is 11.5. The number of rotatable bonds is 10. The second kappa shape index (κ2) is 11.4. The maximum absolute atomic E-state index is 14.4. The Bertz CT molecular complexity index is 1120. The summed E-state index contributed by atoms with van der Waals surface area (Å²) in [4.78, 5) is 48.1. The third kappa shape index (κ3) is 5.10. The summed E-state index contributed by atoms with van der Waals surface area (Å²) in [7, 11) is 0. The third-order valence-electron chi connectivity index (χ3n) is 8.25. The lowest BCUT2D eigenvalue weighted by atomic mass is 9.70. The van der Waals surface area contributed by atoms with Gasteiger partial charge in [-0.3, -0.25) is 14.4 Å². The maximum Gasteiger partial charge on any atom is 0.247 e. The Balaban J connectivity index is 1.78. The molecule has 3 aliphatic heterocycles. The molecule has 1 spiro atoms. The van der Waals surface area contributed by atoms with Crippen molar-refractivity contribution in [3.63, 3.8) is 0 Å². The zero-order chi connectivity index (χ0) is 28.7. The summed E-state index contributed by atoms with van der Waals surface area (Å²) < 4.78 is -0.770. The summed E-state index contributed by atoms with van der Waals surface area (Å²) >= 11 is 5.45. The monoisotopic (exact) mass is 617 g/mol. The van der Waals surface area contributed by atoms with E-state index in [0.717, 1.165) is 5.56 Å². The van der Waals surface area contributed by atoms with Crippen LogP contribution in [0.5, 0.6) is 0 Å². The lowest BCUT2D eigenvalue weighted by Crippen LogP contribution is -2.60. The highest BCUT2D eigenvalue weighted by molar-refractivity contribution is 9.09. The van der Waals surface area contributed by atoms with Crippen LogP contribution < -0.4 is 0 Å². The van der Waals surface area contributed by atoms with Crippen LogP contribution in [0.15, 0.2) is 55.6 Å². The van der Waals surface area contributed by atoms with E-state index >= 15 is 0 Å². The largest absolute Gasteiger partial charge is 0.394 e. The van der Waals surface area contributed by atoms with Crippen molar-refractivity contribution in [1.82, 2.24) is 14.7 Å². The van der Waals surface area contributed by atoms with E-state index in [1.165, 1.54) is 0 Å².